The van der Waals surface area contributed by atoms with Crippen LogP contribution >= 0.6 is 35.1 Å². The maximum absolute atomic E-state index is 12.0. The Balaban J connectivity index is 1.96. The molecule has 2 N–H and O–H groups in total. The molecule has 0 bridgehead atoms. The molecule has 6 heteroatoms. The summed E-state index contributed by atoms with van der Waals surface area (Å²) in [4.78, 5) is 12.0. The first kappa shape index (κ1) is 16.0. The van der Waals surface area contributed by atoms with Crippen LogP contribution in [0.25, 0.3) is 0 Å². The SMILES string of the molecule is CSNc1ccc(C(=O)NCc2ccc(Cl)c(Cl)c2)cc1. The third-order valence-corrected chi connectivity index (χ3v) is 3.98. The molecule has 0 atom stereocenters. The zero-order valence-electron chi connectivity index (χ0n) is 11.3. The normalized spacial score (nSPS) is 10.2. The van der Waals surface area contributed by atoms with Crippen LogP contribution in [0, 0.1) is 0 Å². The van der Waals surface area contributed by atoms with Gasteiger partial charge in [0.15, 0.2) is 0 Å². The zero-order chi connectivity index (χ0) is 15.2. The lowest BCUT2D eigenvalue weighted by Gasteiger charge is -2.07. The smallest absolute Gasteiger partial charge is 0.251 e. The molecule has 0 saturated heterocycles. The summed E-state index contributed by atoms with van der Waals surface area (Å²) in [6.07, 6.45) is 1.94. The minimum absolute atomic E-state index is 0.128. The molecule has 0 aromatic heterocycles. The van der Waals surface area contributed by atoms with Gasteiger partial charge in [0, 0.05) is 24.1 Å². The first-order valence-electron chi connectivity index (χ1n) is 6.21. The second-order valence-corrected chi connectivity index (χ2v) is 5.74. The molecule has 0 aliphatic carbocycles. The largest absolute Gasteiger partial charge is 0.348 e. The van der Waals surface area contributed by atoms with Gasteiger partial charge in [0.2, 0.25) is 0 Å². The molecule has 0 aliphatic heterocycles. The second kappa shape index (κ2) is 7.59. The highest BCUT2D eigenvalue weighted by Gasteiger charge is 2.06. The average molecular weight is 341 g/mol. The van der Waals surface area contributed by atoms with Crippen molar-refractivity contribution in [1.29, 1.82) is 0 Å². The Kier molecular flexibility index (Phi) is 5.79. The highest BCUT2D eigenvalue weighted by molar-refractivity contribution is 7.99. The van der Waals surface area contributed by atoms with Crippen molar-refractivity contribution in [2.24, 2.45) is 0 Å². The van der Waals surface area contributed by atoms with E-state index in [0.29, 0.717) is 22.2 Å². The first-order chi connectivity index (χ1) is 10.1. The number of hydrogen-bond donors (Lipinski definition) is 2. The number of halogens is 2. The Labute approximate surface area is 138 Å². The van der Waals surface area contributed by atoms with Gasteiger partial charge in [0.25, 0.3) is 5.91 Å². The third kappa shape index (κ3) is 4.56. The van der Waals surface area contributed by atoms with Gasteiger partial charge in [-0.1, -0.05) is 41.2 Å². The molecule has 110 valence electrons. The predicted molar refractivity (Wildman–Crippen MR) is 91.2 cm³/mol. The van der Waals surface area contributed by atoms with E-state index in [-0.39, 0.29) is 5.91 Å². The van der Waals surface area contributed by atoms with Gasteiger partial charge in [-0.3, -0.25) is 4.79 Å². The summed E-state index contributed by atoms with van der Waals surface area (Å²) in [7, 11) is 0. The van der Waals surface area contributed by atoms with Gasteiger partial charge in [-0.05, 0) is 42.0 Å². The van der Waals surface area contributed by atoms with Crippen LogP contribution in [0.5, 0.6) is 0 Å². The van der Waals surface area contributed by atoms with E-state index in [9.17, 15) is 4.79 Å². The predicted octanol–water partition coefficient (Wildman–Crippen LogP) is 4.61. The summed E-state index contributed by atoms with van der Waals surface area (Å²) in [5, 5.41) is 3.83. The van der Waals surface area contributed by atoms with Gasteiger partial charge < -0.3 is 10.0 Å². The standard InChI is InChI=1S/C15H14Cl2N2OS/c1-21-19-12-5-3-11(4-6-12)15(20)18-9-10-2-7-13(16)14(17)8-10/h2-8,19H,9H2,1H3,(H,18,20). The Hall–Kier alpha value is -1.36. The lowest BCUT2D eigenvalue weighted by atomic mass is 10.2. The number of nitrogens with one attached hydrogen (secondary N) is 2. The molecule has 0 saturated carbocycles. The number of amides is 1. The van der Waals surface area contributed by atoms with Crippen LogP contribution in [0.4, 0.5) is 5.69 Å². The molecule has 0 fully saturated rings. The van der Waals surface area contributed by atoms with Crippen LogP contribution < -0.4 is 10.0 Å². The van der Waals surface area contributed by atoms with E-state index in [1.807, 2.05) is 24.5 Å². The number of anilines is 1. The van der Waals surface area contributed by atoms with Crippen molar-refractivity contribution < 1.29 is 4.79 Å². The summed E-state index contributed by atoms with van der Waals surface area (Å²) in [5.41, 5.74) is 2.48. The Morgan fingerprint density at radius 2 is 1.81 bits per heavy atom. The van der Waals surface area contributed by atoms with Crippen LogP contribution in [-0.4, -0.2) is 12.2 Å². The number of carbonyl (C=O) groups is 1. The van der Waals surface area contributed by atoms with Crippen molar-refractivity contribution in [3.8, 4) is 0 Å². The van der Waals surface area contributed by atoms with Gasteiger partial charge in [-0.15, -0.1) is 0 Å². The van der Waals surface area contributed by atoms with Crippen LogP contribution in [-0.2, 0) is 6.54 Å². The summed E-state index contributed by atoms with van der Waals surface area (Å²) < 4.78 is 3.10. The first-order valence-corrected chi connectivity index (χ1v) is 8.19. The topological polar surface area (TPSA) is 41.1 Å². The van der Waals surface area contributed by atoms with E-state index in [1.165, 1.54) is 11.9 Å². The summed E-state index contributed by atoms with van der Waals surface area (Å²) >= 11 is 13.3. The van der Waals surface area contributed by atoms with E-state index >= 15 is 0 Å². The highest BCUT2D eigenvalue weighted by atomic mass is 35.5. The van der Waals surface area contributed by atoms with Crippen molar-refractivity contribution in [3.63, 3.8) is 0 Å². The van der Waals surface area contributed by atoms with Crippen molar-refractivity contribution in [2.75, 3.05) is 11.0 Å². The molecule has 0 heterocycles. The minimum Gasteiger partial charge on any atom is -0.348 e. The number of benzene rings is 2. The fourth-order valence-electron chi connectivity index (χ4n) is 1.74. The molecule has 0 unspecified atom stereocenters. The quantitative estimate of drug-likeness (QED) is 0.780. The monoisotopic (exact) mass is 340 g/mol. The number of hydrogen-bond acceptors (Lipinski definition) is 3. The van der Waals surface area contributed by atoms with E-state index < -0.39 is 0 Å². The van der Waals surface area contributed by atoms with Gasteiger partial charge >= 0.3 is 0 Å². The summed E-state index contributed by atoms with van der Waals surface area (Å²) in [6, 6.07) is 12.6. The Bertz CT molecular complexity index is 632. The third-order valence-electron chi connectivity index (χ3n) is 2.80. The van der Waals surface area contributed by atoms with Crippen LogP contribution in [0.2, 0.25) is 10.0 Å². The molecule has 0 aliphatic rings. The van der Waals surface area contributed by atoms with Crippen molar-refractivity contribution >= 4 is 46.7 Å². The maximum atomic E-state index is 12.0. The summed E-state index contributed by atoms with van der Waals surface area (Å²) in [6.45, 7) is 0.403. The molecule has 2 rings (SSSR count). The van der Waals surface area contributed by atoms with Crippen LogP contribution in [0.1, 0.15) is 15.9 Å². The second-order valence-electron chi connectivity index (χ2n) is 4.31. The molecule has 3 nitrogen and oxygen atoms in total. The fourth-order valence-corrected chi connectivity index (χ4v) is 2.43. The van der Waals surface area contributed by atoms with E-state index in [2.05, 4.69) is 10.0 Å². The Morgan fingerprint density at radius 1 is 1.10 bits per heavy atom. The van der Waals surface area contributed by atoms with E-state index in [1.54, 1.807) is 24.3 Å². The summed E-state index contributed by atoms with van der Waals surface area (Å²) in [5.74, 6) is -0.128. The van der Waals surface area contributed by atoms with Gasteiger partial charge in [0.1, 0.15) is 0 Å². The minimum atomic E-state index is -0.128. The van der Waals surface area contributed by atoms with Gasteiger partial charge in [-0.25, -0.2) is 0 Å². The van der Waals surface area contributed by atoms with Gasteiger partial charge in [-0.2, -0.15) is 0 Å². The molecule has 2 aromatic rings. The number of rotatable bonds is 5. The molecule has 1 amide bonds. The van der Waals surface area contributed by atoms with E-state index in [4.69, 9.17) is 23.2 Å². The average Bonchev–Trinajstić information content (AvgIpc) is 2.49. The number of carbonyl (C=O) groups excluding carboxylic acids is 1. The molecule has 2 aromatic carbocycles. The maximum Gasteiger partial charge on any atom is 0.251 e. The molecule has 0 radical (unpaired) electrons. The Morgan fingerprint density at radius 3 is 2.43 bits per heavy atom. The van der Waals surface area contributed by atoms with Crippen molar-refractivity contribution in [2.45, 2.75) is 6.54 Å². The molecule has 0 spiro atoms. The molecular weight excluding hydrogens is 327 g/mol. The highest BCUT2D eigenvalue weighted by Crippen LogP contribution is 2.22. The van der Waals surface area contributed by atoms with E-state index in [0.717, 1.165) is 11.3 Å². The molecular formula is C15H14Cl2N2OS. The van der Waals surface area contributed by atoms with Crippen molar-refractivity contribution in [3.05, 3.63) is 63.6 Å². The van der Waals surface area contributed by atoms with Crippen LogP contribution in [0.15, 0.2) is 42.5 Å². The van der Waals surface area contributed by atoms with Crippen LogP contribution in [0.3, 0.4) is 0 Å². The lowest BCUT2D eigenvalue weighted by Crippen LogP contribution is -2.22. The van der Waals surface area contributed by atoms with Crippen molar-refractivity contribution in [1.82, 2.24) is 5.32 Å². The molecule has 21 heavy (non-hydrogen) atoms. The fraction of sp³-hybridized carbons (Fsp3) is 0.133. The lowest BCUT2D eigenvalue weighted by molar-refractivity contribution is 0.0951. The zero-order valence-corrected chi connectivity index (χ0v) is 13.6. The van der Waals surface area contributed by atoms with Gasteiger partial charge in [0.05, 0.1) is 10.0 Å².